The summed E-state index contributed by atoms with van der Waals surface area (Å²) in [6, 6.07) is 0. The van der Waals surface area contributed by atoms with Crippen molar-refractivity contribution in [1.29, 1.82) is 0 Å². The van der Waals surface area contributed by atoms with Gasteiger partial charge in [-0.25, -0.2) is 0 Å². The Morgan fingerprint density at radius 1 is 1.07 bits per heavy atom. The van der Waals surface area contributed by atoms with Crippen LogP contribution in [0.5, 0.6) is 0 Å². The molecule has 0 aliphatic carbocycles. The zero-order chi connectivity index (χ0) is 10.1. The number of nitrogens with zero attached hydrogens (tertiary/aromatic N) is 1. The van der Waals surface area contributed by atoms with E-state index in [0.29, 0.717) is 0 Å². The quantitative estimate of drug-likeness (QED) is 0.671. The van der Waals surface area contributed by atoms with Gasteiger partial charge in [0.05, 0.1) is 6.54 Å². The summed E-state index contributed by atoms with van der Waals surface area (Å²) in [5.74, 6) is -0.716. The zero-order valence-corrected chi connectivity index (χ0v) is 17.0. The van der Waals surface area contributed by atoms with Crippen molar-refractivity contribution in [2.75, 3.05) is 19.6 Å². The molecule has 0 aliphatic heterocycles. The Kier molecular flexibility index (Phi) is 25.4. The zero-order valence-electron chi connectivity index (χ0n) is 10.8. The van der Waals surface area contributed by atoms with Crippen molar-refractivity contribution in [3.63, 3.8) is 0 Å². The van der Waals surface area contributed by atoms with Gasteiger partial charge in [-0.2, -0.15) is 0 Å². The van der Waals surface area contributed by atoms with Gasteiger partial charge in [-0.1, -0.05) is 26.7 Å². The molecule has 0 saturated carbocycles. The molecule has 0 bridgehead atoms. The average molecular weight is 265 g/mol. The minimum Gasteiger partial charge on any atom is -0.480 e. The monoisotopic (exact) mass is 265 g/mol. The van der Waals surface area contributed by atoms with Gasteiger partial charge in [0.1, 0.15) is 0 Å². The molecule has 3 nitrogen and oxygen atoms in total. The summed E-state index contributed by atoms with van der Waals surface area (Å²) >= 11 is 0. The molecular weight excluding hydrogens is 244 g/mol. The van der Waals surface area contributed by atoms with Crippen molar-refractivity contribution in [3.05, 3.63) is 0 Å². The number of rotatable bonds is 8. The Bertz CT molecular complexity index is 137. The third-order valence-corrected chi connectivity index (χ3v) is 2.01. The molecule has 0 atom stereocenters. The number of hydrogen-bond donors (Lipinski definition) is 1. The fraction of sp³-hybridized carbons (Fsp3) is 0.900. The summed E-state index contributed by atoms with van der Waals surface area (Å²) < 4.78 is 0. The maximum Gasteiger partial charge on any atom is 0.317 e. The first-order valence-electron chi connectivity index (χ1n) is 5.14. The molecule has 80 valence electrons. The van der Waals surface area contributed by atoms with E-state index < -0.39 is 5.97 Å². The molecule has 0 heterocycles. The van der Waals surface area contributed by atoms with Gasteiger partial charge >= 0.3 is 5.97 Å². The number of aliphatic carboxylic acids is 1. The van der Waals surface area contributed by atoms with Gasteiger partial charge in [-0.05, 0) is 25.9 Å². The van der Waals surface area contributed by atoms with E-state index in [4.69, 9.17) is 5.11 Å². The molecular formula is C10H21K2NO2. The molecule has 1 N–H and O–H groups in total. The van der Waals surface area contributed by atoms with E-state index in [0.717, 1.165) is 38.8 Å². The third kappa shape index (κ3) is 16.7. The summed E-state index contributed by atoms with van der Waals surface area (Å²) in [4.78, 5) is 12.5. The van der Waals surface area contributed by atoms with Crippen LogP contribution in [-0.2, 0) is 4.79 Å². The molecule has 0 amide bonds. The molecule has 5 heteroatoms. The van der Waals surface area contributed by atoms with Crippen molar-refractivity contribution in [2.45, 2.75) is 39.5 Å². The molecule has 0 saturated heterocycles. The predicted molar refractivity (Wildman–Crippen MR) is 65.4 cm³/mol. The smallest absolute Gasteiger partial charge is 0.317 e. The van der Waals surface area contributed by atoms with Gasteiger partial charge in [0, 0.05) is 103 Å². The number of carboxylic acid groups (broad SMARTS) is 1. The molecule has 0 aromatic heterocycles. The van der Waals surface area contributed by atoms with Crippen molar-refractivity contribution in [3.8, 4) is 0 Å². The van der Waals surface area contributed by atoms with Gasteiger partial charge in [0.15, 0.2) is 0 Å². The second-order valence-corrected chi connectivity index (χ2v) is 3.38. The van der Waals surface area contributed by atoms with Gasteiger partial charge in [-0.3, -0.25) is 9.69 Å². The van der Waals surface area contributed by atoms with Crippen molar-refractivity contribution in [1.82, 2.24) is 4.90 Å². The average Bonchev–Trinajstić information content (AvgIpc) is 2.09. The van der Waals surface area contributed by atoms with Crippen molar-refractivity contribution < 1.29 is 9.90 Å². The van der Waals surface area contributed by atoms with Crippen molar-refractivity contribution >= 4 is 109 Å². The van der Waals surface area contributed by atoms with Crippen LogP contribution in [0.2, 0.25) is 0 Å². The molecule has 0 aromatic rings. The Hall–Kier alpha value is 2.70. The maximum atomic E-state index is 10.5. The van der Waals surface area contributed by atoms with E-state index in [-0.39, 0.29) is 109 Å². The van der Waals surface area contributed by atoms with Crippen LogP contribution in [0.3, 0.4) is 0 Å². The van der Waals surface area contributed by atoms with Crippen LogP contribution in [-0.4, -0.2) is 138 Å². The Morgan fingerprint density at radius 3 is 1.73 bits per heavy atom. The largest absolute Gasteiger partial charge is 0.480 e. The van der Waals surface area contributed by atoms with E-state index >= 15 is 0 Å². The molecule has 0 unspecified atom stereocenters. The van der Waals surface area contributed by atoms with E-state index in [1.165, 1.54) is 0 Å². The molecule has 0 spiro atoms. The number of carbonyl (C=O) groups is 1. The molecule has 15 heavy (non-hydrogen) atoms. The third-order valence-electron chi connectivity index (χ3n) is 2.01. The second kappa shape index (κ2) is 16.7. The number of carboxylic acids is 1. The van der Waals surface area contributed by atoms with E-state index in [2.05, 4.69) is 13.8 Å². The second-order valence-electron chi connectivity index (χ2n) is 3.38. The summed E-state index contributed by atoms with van der Waals surface area (Å²) in [5, 5.41) is 8.64. The van der Waals surface area contributed by atoms with Crippen LogP contribution in [0.4, 0.5) is 0 Å². The summed E-state index contributed by atoms with van der Waals surface area (Å²) in [6.45, 7) is 6.28. The fourth-order valence-electron chi connectivity index (χ4n) is 1.22. The first kappa shape index (κ1) is 22.8. The van der Waals surface area contributed by atoms with E-state index in [1.807, 2.05) is 4.90 Å². The molecule has 0 rings (SSSR count). The summed E-state index contributed by atoms with van der Waals surface area (Å²) in [7, 11) is 0. The first-order chi connectivity index (χ1) is 6.20. The number of unbranched alkanes of at least 4 members (excludes halogenated alkanes) is 2. The van der Waals surface area contributed by atoms with Gasteiger partial charge < -0.3 is 5.11 Å². The Labute approximate surface area is 179 Å². The molecule has 0 aliphatic rings. The van der Waals surface area contributed by atoms with Gasteiger partial charge in [-0.15, -0.1) is 0 Å². The normalized spacial score (nSPS) is 9.27. The predicted octanol–water partition coefficient (Wildman–Crippen LogP) is 1.21. The fourth-order valence-corrected chi connectivity index (χ4v) is 1.22. The van der Waals surface area contributed by atoms with E-state index in [9.17, 15) is 4.79 Å². The van der Waals surface area contributed by atoms with Crippen LogP contribution in [0.15, 0.2) is 0 Å². The first-order valence-corrected chi connectivity index (χ1v) is 5.14. The molecule has 2 radical (unpaired) electrons. The summed E-state index contributed by atoms with van der Waals surface area (Å²) in [5.41, 5.74) is 0. The van der Waals surface area contributed by atoms with Crippen LogP contribution in [0.25, 0.3) is 0 Å². The standard InChI is InChI=1S/C10H21NO2.2K/c1-3-5-7-11(8-6-4-2)9-10(12)13;;/h3-9H2,1-2H3,(H,12,13);;. The SMILES string of the molecule is CCCCN(CCCC)CC(=O)O.[K].[K]. The van der Waals surface area contributed by atoms with Crippen molar-refractivity contribution in [2.24, 2.45) is 0 Å². The topological polar surface area (TPSA) is 40.5 Å². The molecule has 0 fully saturated rings. The Morgan fingerprint density at radius 2 is 1.47 bits per heavy atom. The minimum atomic E-state index is -0.716. The van der Waals surface area contributed by atoms with Crippen LogP contribution < -0.4 is 0 Å². The maximum absolute atomic E-state index is 10.5. The van der Waals surface area contributed by atoms with Crippen LogP contribution >= 0.6 is 0 Å². The molecule has 0 aromatic carbocycles. The number of hydrogen-bond acceptors (Lipinski definition) is 2. The van der Waals surface area contributed by atoms with Crippen LogP contribution in [0, 0.1) is 0 Å². The summed E-state index contributed by atoms with van der Waals surface area (Å²) in [6.07, 6.45) is 4.44. The van der Waals surface area contributed by atoms with Crippen LogP contribution in [0.1, 0.15) is 39.5 Å². The Balaban J connectivity index is -0.000000720. The van der Waals surface area contributed by atoms with Gasteiger partial charge in [0.25, 0.3) is 0 Å². The van der Waals surface area contributed by atoms with Gasteiger partial charge in [0.2, 0.25) is 0 Å². The minimum absolute atomic E-state index is 0. The van der Waals surface area contributed by atoms with E-state index in [1.54, 1.807) is 0 Å².